The molecule has 5 nitrogen and oxygen atoms in total. The highest BCUT2D eigenvalue weighted by molar-refractivity contribution is 6.05. The van der Waals surface area contributed by atoms with Crippen LogP contribution in [0.4, 0.5) is 5.69 Å². The van der Waals surface area contributed by atoms with Gasteiger partial charge in [-0.3, -0.25) is 9.59 Å². The first kappa shape index (κ1) is 17.7. The molecule has 0 radical (unpaired) electrons. The molecule has 1 heterocycles. The fourth-order valence-electron chi connectivity index (χ4n) is 3.00. The van der Waals surface area contributed by atoms with E-state index >= 15 is 0 Å². The molecule has 0 unspecified atom stereocenters. The van der Waals surface area contributed by atoms with Gasteiger partial charge in [0.25, 0.3) is 5.91 Å². The van der Waals surface area contributed by atoms with E-state index in [1.165, 1.54) is 6.07 Å². The van der Waals surface area contributed by atoms with Gasteiger partial charge in [-0.05, 0) is 30.7 Å². The van der Waals surface area contributed by atoms with Crippen molar-refractivity contribution < 1.29 is 4.79 Å². The van der Waals surface area contributed by atoms with Crippen molar-refractivity contribution in [2.75, 3.05) is 25.5 Å². The molecule has 134 valence electrons. The number of amides is 1. The molecule has 1 N–H and O–H groups in total. The molecule has 1 amide bonds. The van der Waals surface area contributed by atoms with Gasteiger partial charge < -0.3 is 14.8 Å². The molecule has 0 saturated carbocycles. The molecule has 3 rings (SSSR count). The van der Waals surface area contributed by atoms with Crippen molar-refractivity contribution >= 4 is 22.5 Å². The van der Waals surface area contributed by atoms with Gasteiger partial charge in [-0.25, -0.2) is 0 Å². The largest absolute Gasteiger partial charge is 0.378 e. The number of aromatic nitrogens is 1. The average molecular weight is 349 g/mol. The minimum absolute atomic E-state index is 0.133. The zero-order valence-corrected chi connectivity index (χ0v) is 15.3. The summed E-state index contributed by atoms with van der Waals surface area (Å²) in [7, 11) is 3.99. The van der Waals surface area contributed by atoms with Crippen LogP contribution >= 0.6 is 0 Å². The number of carbonyl (C=O) groups excluding carboxylic acids is 1. The van der Waals surface area contributed by atoms with Crippen molar-refractivity contribution in [3.05, 3.63) is 76.1 Å². The minimum Gasteiger partial charge on any atom is -0.378 e. The number of hydrogen-bond acceptors (Lipinski definition) is 3. The third-order valence-electron chi connectivity index (χ3n) is 4.48. The number of hydrogen-bond donors (Lipinski definition) is 1. The lowest BCUT2D eigenvalue weighted by Gasteiger charge is -2.22. The molecule has 3 aromatic rings. The summed E-state index contributed by atoms with van der Waals surface area (Å²) in [5.41, 5.74) is 3.02. The topological polar surface area (TPSA) is 56.4 Å². The first-order valence-electron chi connectivity index (χ1n) is 8.67. The number of benzene rings is 2. The van der Waals surface area contributed by atoms with Gasteiger partial charge in [0.05, 0.1) is 5.56 Å². The molecule has 0 atom stereocenters. The van der Waals surface area contributed by atoms with Crippen LogP contribution in [0.5, 0.6) is 0 Å². The molecule has 2 aromatic carbocycles. The Hall–Kier alpha value is -3.08. The maximum Gasteiger partial charge on any atom is 0.255 e. The Balaban J connectivity index is 1.91. The summed E-state index contributed by atoms with van der Waals surface area (Å²) in [4.78, 5) is 31.6. The maximum absolute atomic E-state index is 13.1. The molecule has 0 fully saturated rings. The Bertz CT molecular complexity index is 974. The summed E-state index contributed by atoms with van der Waals surface area (Å²) in [6.07, 6.45) is 0. The molecule has 1 aromatic heterocycles. The van der Waals surface area contributed by atoms with Crippen LogP contribution in [0.3, 0.4) is 0 Å². The number of nitrogens with zero attached hydrogens (tertiary/aromatic N) is 2. The highest BCUT2D eigenvalue weighted by atomic mass is 16.2. The van der Waals surface area contributed by atoms with Crippen LogP contribution < -0.4 is 10.5 Å². The van der Waals surface area contributed by atoms with Gasteiger partial charge in [-0.15, -0.1) is 0 Å². The van der Waals surface area contributed by atoms with E-state index < -0.39 is 0 Å². The number of pyridine rings is 1. The predicted molar refractivity (Wildman–Crippen MR) is 106 cm³/mol. The summed E-state index contributed by atoms with van der Waals surface area (Å²) in [5, 5.41) is 0.763. The number of para-hydroxylation sites is 1. The van der Waals surface area contributed by atoms with Gasteiger partial charge in [0, 0.05) is 49.8 Å². The second kappa shape index (κ2) is 7.44. The van der Waals surface area contributed by atoms with Crippen molar-refractivity contribution in [1.29, 1.82) is 0 Å². The lowest BCUT2D eigenvalue weighted by Crippen LogP contribution is -2.31. The van der Waals surface area contributed by atoms with Crippen LogP contribution in [0.15, 0.2) is 59.4 Å². The molecule has 0 aliphatic carbocycles. The average Bonchev–Trinajstić information content (AvgIpc) is 2.65. The van der Waals surface area contributed by atoms with Crippen molar-refractivity contribution in [3.63, 3.8) is 0 Å². The standard InChI is InChI=1S/C21H23N3O2/c1-4-24(14-15-9-11-16(12-10-15)23(2)3)21(26)18-13-20(25)22-19-8-6-5-7-17(18)19/h5-13H,4,14H2,1-3H3,(H,22,25). The first-order chi connectivity index (χ1) is 12.5. The molecular formula is C21H23N3O2. The van der Waals surface area contributed by atoms with Crippen LogP contribution in [-0.4, -0.2) is 36.4 Å². The van der Waals surface area contributed by atoms with Crippen molar-refractivity contribution in [2.45, 2.75) is 13.5 Å². The fourth-order valence-corrected chi connectivity index (χ4v) is 3.00. The Morgan fingerprint density at radius 2 is 1.73 bits per heavy atom. The number of H-pyrrole nitrogens is 1. The number of nitrogens with one attached hydrogen (secondary N) is 1. The van der Waals surface area contributed by atoms with E-state index in [1.54, 1.807) is 4.90 Å². The lowest BCUT2D eigenvalue weighted by atomic mass is 10.1. The van der Waals surface area contributed by atoms with Gasteiger partial charge in [0.1, 0.15) is 0 Å². The van der Waals surface area contributed by atoms with Gasteiger partial charge in [-0.1, -0.05) is 30.3 Å². The van der Waals surface area contributed by atoms with Crippen LogP contribution in [-0.2, 0) is 6.54 Å². The SMILES string of the molecule is CCN(Cc1ccc(N(C)C)cc1)C(=O)c1cc(=O)[nH]c2ccccc12. The highest BCUT2D eigenvalue weighted by Gasteiger charge is 2.18. The Morgan fingerprint density at radius 3 is 2.38 bits per heavy atom. The second-order valence-electron chi connectivity index (χ2n) is 6.47. The van der Waals surface area contributed by atoms with E-state index in [4.69, 9.17) is 0 Å². The Morgan fingerprint density at radius 1 is 1.04 bits per heavy atom. The minimum atomic E-state index is -0.265. The van der Waals surface area contributed by atoms with Gasteiger partial charge in [0.2, 0.25) is 5.56 Å². The number of fused-ring (bicyclic) bond motifs is 1. The molecule has 5 heteroatoms. The lowest BCUT2D eigenvalue weighted by molar-refractivity contribution is 0.0754. The molecule has 0 spiro atoms. The molecule has 0 aliphatic rings. The van der Waals surface area contributed by atoms with E-state index in [1.807, 2.05) is 74.4 Å². The molecular weight excluding hydrogens is 326 g/mol. The molecule has 0 aliphatic heterocycles. The van der Waals surface area contributed by atoms with E-state index in [-0.39, 0.29) is 11.5 Å². The molecule has 0 saturated heterocycles. The number of rotatable bonds is 5. The van der Waals surface area contributed by atoms with Gasteiger partial charge in [0.15, 0.2) is 0 Å². The number of carbonyl (C=O) groups is 1. The zero-order chi connectivity index (χ0) is 18.7. The highest BCUT2D eigenvalue weighted by Crippen LogP contribution is 2.19. The van der Waals surface area contributed by atoms with Gasteiger partial charge >= 0.3 is 0 Å². The van der Waals surface area contributed by atoms with Gasteiger partial charge in [-0.2, -0.15) is 0 Å². The summed E-state index contributed by atoms with van der Waals surface area (Å²) >= 11 is 0. The zero-order valence-electron chi connectivity index (χ0n) is 15.3. The number of anilines is 1. The maximum atomic E-state index is 13.1. The van der Waals surface area contributed by atoms with Crippen LogP contribution in [0.1, 0.15) is 22.8 Å². The van der Waals surface area contributed by atoms with Crippen LogP contribution in [0, 0.1) is 0 Å². The summed E-state index contributed by atoms with van der Waals surface area (Å²) < 4.78 is 0. The smallest absolute Gasteiger partial charge is 0.255 e. The normalized spacial score (nSPS) is 10.7. The van der Waals surface area contributed by atoms with Crippen molar-refractivity contribution in [1.82, 2.24) is 9.88 Å². The first-order valence-corrected chi connectivity index (χ1v) is 8.67. The third-order valence-corrected chi connectivity index (χ3v) is 4.48. The summed E-state index contributed by atoms with van der Waals surface area (Å²) in [6.45, 7) is 3.01. The summed E-state index contributed by atoms with van der Waals surface area (Å²) in [5.74, 6) is -0.133. The van der Waals surface area contributed by atoms with E-state index in [2.05, 4.69) is 4.98 Å². The van der Waals surface area contributed by atoms with Crippen LogP contribution in [0.2, 0.25) is 0 Å². The third kappa shape index (κ3) is 3.61. The van der Waals surface area contributed by atoms with Crippen molar-refractivity contribution in [2.24, 2.45) is 0 Å². The molecule has 0 bridgehead atoms. The van der Waals surface area contributed by atoms with E-state index in [0.717, 1.165) is 16.6 Å². The quantitative estimate of drug-likeness (QED) is 0.769. The van der Waals surface area contributed by atoms with Crippen molar-refractivity contribution in [3.8, 4) is 0 Å². The Labute approximate surface area is 152 Å². The molecule has 26 heavy (non-hydrogen) atoms. The fraction of sp³-hybridized carbons (Fsp3) is 0.238. The predicted octanol–water partition coefficient (Wildman–Crippen LogP) is 3.26. The summed E-state index contributed by atoms with van der Waals surface area (Å²) in [6, 6.07) is 16.9. The number of aromatic amines is 1. The second-order valence-corrected chi connectivity index (χ2v) is 6.47. The van der Waals surface area contributed by atoms with E-state index in [9.17, 15) is 9.59 Å². The Kier molecular flexibility index (Phi) is 5.07. The van der Waals surface area contributed by atoms with Crippen LogP contribution in [0.25, 0.3) is 10.9 Å². The monoisotopic (exact) mass is 349 g/mol. The van der Waals surface area contributed by atoms with E-state index in [0.29, 0.717) is 24.2 Å².